The molecule has 3 aromatic rings. The molecular weight excluding hydrogens is 416 g/mol. The van der Waals surface area contributed by atoms with E-state index in [-0.39, 0.29) is 5.97 Å². The molecule has 8 heteroatoms. The average molecular weight is 447 g/mol. The van der Waals surface area contributed by atoms with Crippen LogP contribution in [0.5, 0.6) is 0 Å². The van der Waals surface area contributed by atoms with Gasteiger partial charge in [0.25, 0.3) is 0 Å². The lowest BCUT2D eigenvalue weighted by Gasteiger charge is -2.39. The van der Waals surface area contributed by atoms with Crippen molar-refractivity contribution in [2.75, 3.05) is 37.6 Å². The number of benzene rings is 1. The first-order valence-corrected chi connectivity index (χ1v) is 11.9. The standard InChI is InChI=1S/C25H30N6O2/c1-16-18(3-4-19-21(16)14-33-23(19)32)5-9-30-10-6-25(7-11-30)8-12-31(15-25)24-26-13-20-17(2)28-29-22(20)27-24/h3-4,13H,5-12,14-15H2,1-2H3,(H,26,27,28,29). The summed E-state index contributed by atoms with van der Waals surface area (Å²) < 4.78 is 5.20. The fraction of sp³-hybridized carbons (Fsp3) is 0.520. The minimum absolute atomic E-state index is 0.184. The van der Waals surface area contributed by atoms with Gasteiger partial charge in [0.05, 0.1) is 10.9 Å². The molecule has 0 bridgehead atoms. The first-order chi connectivity index (χ1) is 16.0. The molecule has 8 nitrogen and oxygen atoms in total. The Balaban J connectivity index is 1.06. The Hall–Kier alpha value is -3.00. The summed E-state index contributed by atoms with van der Waals surface area (Å²) in [4.78, 5) is 26.1. The Morgan fingerprint density at radius 3 is 2.82 bits per heavy atom. The number of piperidine rings is 1. The van der Waals surface area contributed by atoms with Crippen molar-refractivity contribution in [3.63, 3.8) is 0 Å². The van der Waals surface area contributed by atoms with Gasteiger partial charge in [0.15, 0.2) is 5.65 Å². The molecule has 172 valence electrons. The number of aromatic nitrogens is 4. The molecule has 0 aliphatic carbocycles. The van der Waals surface area contributed by atoms with Crippen molar-refractivity contribution in [2.45, 2.75) is 46.1 Å². The Kier molecular flexibility index (Phi) is 4.87. The first-order valence-electron chi connectivity index (χ1n) is 11.9. The van der Waals surface area contributed by atoms with Crippen LogP contribution in [-0.2, 0) is 17.8 Å². The maximum Gasteiger partial charge on any atom is 0.338 e. The number of carbonyl (C=O) groups is 1. The number of hydrogen-bond donors (Lipinski definition) is 1. The van der Waals surface area contributed by atoms with Gasteiger partial charge in [-0.1, -0.05) is 6.07 Å². The molecule has 2 aromatic heterocycles. The highest BCUT2D eigenvalue weighted by atomic mass is 16.5. The van der Waals surface area contributed by atoms with Gasteiger partial charge in [-0.2, -0.15) is 10.1 Å². The molecule has 0 saturated carbocycles. The fourth-order valence-corrected chi connectivity index (χ4v) is 5.78. The van der Waals surface area contributed by atoms with Crippen LogP contribution < -0.4 is 4.90 Å². The zero-order valence-corrected chi connectivity index (χ0v) is 19.4. The minimum atomic E-state index is -0.184. The van der Waals surface area contributed by atoms with Crippen molar-refractivity contribution in [3.8, 4) is 0 Å². The third-order valence-electron chi connectivity index (χ3n) is 8.10. The number of ether oxygens (including phenoxy) is 1. The summed E-state index contributed by atoms with van der Waals surface area (Å²) >= 11 is 0. The lowest BCUT2D eigenvalue weighted by molar-refractivity contribution is 0.0535. The molecule has 6 rings (SSSR count). The normalized spacial score (nSPS) is 20.1. The summed E-state index contributed by atoms with van der Waals surface area (Å²) in [5.41, 5.74) is 6.52. The van der Waals surface area contributed by atoms with Gasteiger partial charge in [-0.15, -0.1) is 0 Å². The van der Waals surface area contributed by atoms with E-state index in [1.807, 2.05) is 19.2 Å². The maximum atomic E-state index is 11.8. The average Bonchev–Trinajstić information content (AvgIpc) is 3.53. The highest BCUT2D eigenvalue weighted by Gasteiger charge is 2.41. The van der Waals surface area contributed by atoms with E-state index in [1.165, 1.54) is 30.4 Å². The third kappa shape index (κ3) is 3.57. The second-order valence-corrected chi connectivity index (χ2v) is 9.97. The maximum absolute atomic E-state index is 11.8. The highest BCUT2D eigenvalue weighted by Crippen LogP contribution is 2.41. The summed E-state index contributed by atoms with van der Waals surface area (Å²) in [7, 11) is 0. The number of likely N-dealkylation sites (tertiary alicyclic amines) is 1. The third-order valence-corrected chi connectivity index (χ3v) is 8.10. The molecule has 2 fully saturated rings. The monoisotopic (exact) mass is 446 g/mol. The van der Waals surface area contributed by atoms with E-state index in [2.05, 4.69) is 38.0 Å². The molecule has 3 aliphatic heterocycles. The summed E-state index contributed by atoms with van der Waals surface area (Å²) in [6, 6.07) is 4.05. The number of cyclic esters (lactones) is 1. The zero-order chi connectivity index (χ0) is 22.6. The Morgan fingerprint density at radius 1 is 1.15 bits per heavy atom. The summed E-state index contributed by atoms with van der Waals surface area (Å²) in [6.07, 6.45) is 6.56. The van der Waals surface area contributed by atoms with Crippen molar-refractivity contribution < 1.29 is 9.53 Å². The van der Waals surface area contributed by atoms with Gasteiger partial charge in [-0.3, -0.25) is 5.10 Å². The largest absolute Gasteiger partial charge is 0.457 e. The van der Waals surface area contributed by atoms with E-state index < -0.39 is 0 Å². The van der Waals surface area contributed by atoms with Crippen LogP contribution in [0.15, 0.2) is 18.3 Å². The van der Waals surface area contributed by atoms with E-state index in [0.717, 1.165) is 72.9 Å². The molecule has 1 aromatic carbocycles. The molecule has 1 N–H and O–H groups in total. The number of H-pyrrole nitrogens is 1. The second-order valence-electron chi connectivity index (χ2n) is 9.97. The molecule has 0 unspecified atom stereocenters. The molecule has 1 spiro atoms. The van der Waals surface area contributed by atoms with Crippen molar-refractivity contribution in [3.05, 3.63) is 46.3 Å². The zero-order valence-electron chi connectivity index (χ0n) is 19.4. The Labute approximate surface area is 193 Å². The molecule has 0 radical (unpaired) electrons. The molecular formula is C25H30N6O2. The first kappa shape index (κ1) is 20.6. The quantitative estimate of drug-likeness (QED) is 0.616. The van der Waals surface area contributed by atoms with Gasteiger partial charge in [0.1, 0.15) is 6.61 Å². The predicted molar refractivity (Wildman–Crippen MR) is 125 cm³/mol. The number of hydrogen-bond acceptors (Lipinski definition) is 7. The Bertz CT molecular complexity index is 1230. The topological polar surface area (TPSA) is 87.2 Å². The van der Waals surface area contributed by atoms with Crippen molar-refractivity contribution >= 4 is 23.0 Å². The molecule has 0 atom stereocenters. The predicted octanol–water partition coefficient (Wildman–Crippen LogP) is 3.18. The van der Waals surface area contributed by atoms with Crippen LogP contribution in [0.2, 0.25) is 0 Å². The number of rotatable bonds is 4. The van der Waals surface area contributed by atoms with Crippen LogP contribution in [0, 0.1) is 19.3 Å². The molecule has 2 saturated heterocycles. The lowest BCUT2D eigenvalue weighted by Crippen LogP contribution is -2.42. The van der Waals surface area contributed by atoms with E-state index in [1.54, 1.807) is 0 Å². The van der Waals surface area contributed by atoms with Gasteiger partial charge in [-0.25, -0.2) is 9.78 Å². The smallest absolute Gasteiger partial charge is 0.338 e. The Morgan fingerprint density at radius 2 is 1.97 bits per heavy atom. The van der Waals surface area contributed by atoms with Crippen molar-refractivity contribution in [1.29, 1.82) is 0 Å². The van der Waals surface area contributed by atoms with Crippen LogP contribution >= 0.6 is 0 Å². The van der Waals surface area contributed by atoms with Crippen molar-refractivity contribution in [1.82, 2.24) is 25.1 Å². The van der Waals surface area contributed by atoms with E-state index >= 15 is 0 Å². The van der Waals surface area contributed by atoms with Crippen LogP contribution in [-0.4, -0.2) is 63.8 Å². The van der Waals surface area contributed by atoms with Crippen LogP contribution in [0.25, 0.3) is 11.0 Å². The van der Waals surface area contributed by atoms with Crippen LogP contribution in [0.4, 0.5) is 5.95 Å². The van der Waals surface area contributed by atoms with Crippen LogP contribution in [0.1, 0.15) is 52.0 Å². The highest BCUT2D eigenvalue weighted by molar-refractivity contribution is 5.93. The van der Waals surface area contributed by atoms with Gasteiger partial charge >= 0.3 is 5.97 Å². The van der Waals surface area contributed by atoms with Gasteiger partial charge in [0, 0.05) is 37.1 Å². The molecule has 0 amide bonds. The number of carbonyl (C=O) groups excluding carboxylic acids is 1. The number of esters is 1. The lowest BCUT2D eigenvalue weighted by atomic mass is 9.77. The summed E-state index contributed by atoms with van der Waals surface area (Å²) in [6.45, 7) is 9.93. The van der Waals surface area contributed by atoms with Gasteiger partial charge in [0.2, 0.25) is 5.95 Å². The van der Waals surface area contributed by atoms with E-state index in [4.69, 9.17) is 9.72 Å². The SMILES string of the molecule is Cc1c(CCN2CCC3(CC2)CCN(c2ncc4c(C)[nH]nc4n2)C3)ccc2c1COC2=O. The minimum Gasteiger partial charge on any atom is -0.457 e. The number of anilines is 1. The van der Waals surface area contributed by atoms with Gasteiger partial charge < -0.3 is 14.5 Å². The number of aromatic amines is 1. The number of fused-ring (bicyclic) bond motifs is 2. The molecule has 5 heterocycles. The molecule has 33 heavy (non-hydrogen) atoms. The molecule has 3 aliphatic rings. The number of nitrogens with zero attached hydrogens (tertiary/aromatic N) is 5. The van der Waals surface area contributed by atoms with E-state index in [9.17, 15) is 4.79 Å². The number of nitrogens with one attached hydrogen (secondary N) is 1. The van der Waals surface area contributed by atoms with Crippen molar-refractivity contribution in [2.24, 2.45) is 5.41 Å². The van der Waals surface area contributed by atoms with Crippen LogP contribution in [0.3, 0.4) is 0 Å². The van der Waals surface area contributed by atoms with E-state index in [0.29, 0.717) is 12.0 Å². The van der Waals surface area contributed by atoms with Gasteiger partial charge in [-0.05, 0) is 75.2 Å². The number of aryl methyl sites for hydroxylation is 1. The fourth-order valence-electron chi connectivity index (χ4n) is 5.78. The second kappa shape index (κ2) is 7.80. The summed E-state index contributed by atoms with van der Waals surface area (Å²) in [5.74, 6) is 0.624. The summed E-state index contributed by atoms with van der Waals surface area (Å²) in [5, 5.41) is 8.30.